The van der Waals surface area contributed by atoms with E-state index in [9.17, 15) is 12.8 Å². The van der Waals surface area contributed by atoms with Crippen molar-refractivity contribution >= 4 is 26.0 Å². The number of sulfonamides is 1. The largest absolute Gasteiger partial charge is 0.309 e. The van der Waals surface area contributed by atoms with Crippen molar-refractivity contribution in [2.75, 3.05) is 27.2 Å². The molecule has 0 aromatic heterocycles. The van der Waals surface area contributed by atoms with Crippen molar-refractivity contribution < 1.29 is 12.8 Å². The minimum atomic E-state index is -3.78. The van der Waals surface area contributed by atoms with Gasteiger partial charge in [-0.05, 0) is 45.3 Å². The molecule has 7 heteroatoms. The lowest BCUT2D eigenvalue weighted by Gasteiger charge is -2.11. The summed E-state index contributed by atoms with van der Waals surface area (Å²) in [6.45, 7) is 1.05. The first kappa shape index (κ1) is 15.6. The lowest BCUT2D eigenvalue weighted by atomic mass is 10.3. The molecule has 4 nitrogen and oxygen atoms in total. The molecular formula is C11H16BrFN2O2S. The third-order valence-electron chi connectivity index (χ3n) is 2.26. The van der Waals surface area contributed by atoms with E-state index in [1.165, 1.54) is 12.1 Å². The van der Waals surface area contributed by atoms with Gasteiger partial charge in [-0.15, -0.1) is 0 Å². The zero-order chi connectivity index (χ0) is 13.8. The van der Waals surface area contributed by atoms with Crippen LogP contribution in [0.5, 0.6) is 0 Å². The fraction of sp³-hybridized carbons (Fsp3) is 0.455. The van der Waals surface area contributed by atoms with Gasteiger partial charge in [0.1, 0.15) is 10.7 Å². The predicted octanol–water partition coefficient (Wildman–Crippen LogP) is 1.82. The Kier molecular flexibility index (Phi) is 5.71. The molecule has 0 saturated heterocycles. The molecular weight excluding hydrogens is 323 g/mol. The highest BCUT2D eigenvalue weighted by atomic mass is 79.9. The molecule has 18 heavy (non-hydrogen) atoms. The van der Waals surface area contributed by atoms with Gasteiger partial charge in [0.25, 0.3) is 0 Å². The second-order valence-corrected chi connectivity index (χ2v) is 6.78. The highest BCUT2D eigenvalue weighted by Crippen LogP contribution is 2.19. The zero-order valence-electron chi connectivity index (χ0n) is 10.3. The summed E-state index contributed by atoms with van der Waals surface area (Å²) in [5.41, 5.74) is 0. The molecule has 1 rings (SSSR count). The van der Waals surface area contributed by atoms with Gasteiger partial charge < -0.3 is 4.90 Å². The monoisotopic (exact) mass is 338 g/mol. The molecule has 1 aromatic rings. The molecule has 0 aliphatic rings. The van der Waals surface area contributed by atoms with E-state index in [2.05, 4.69) is 20.7 Å². The summed E-state index contributed by atoms with van der Waals surface area (Å²) in [6, 6.07) is 3.84. The minimum absolute atomic E-state index is 0.284. The van der Waals surface area contributed by atoms with Crippen LogP contribution in [0.2, 0.25) is 0 Å². The van der Waals surface area contributed by atoms with Crippen LogP contribution < -0.4 is 4.72 Å². The van der Waals surface area contributed by atoms with Gasteiger partial charge in [0.2, 0.25) is 10.0 Å². The number of hydrogen-bond acceptors (Lipinski definition) is 3. The summed E-state index contributed by atoms with van der Waals surface area (Å²) in [5, 5.41) is 0. The number of halogens is 2. The van der Waals surface area contributed by atoms with Crippen LogP contribution in [0.1, 0.15) is 6.42 Å². The summed E-state index contributed by atoms with van der Waals surface area (Å²) in [7, 11) is 0.0256. The number of hydrogen-bond donors (Lipinski definition) is 1. The zero-order valence-corrected chi connectivity index (χ0v) is 12.7. The second-order valence-electron chi connectivity index (χ2n) is 4.13. The van der Waals surface area contributed by atoms with Crippen LogP contribution in [0.4, 0.5) is 4.39 Å². The van der Waals surface area contributed by atoms with Crippen molar-refractivity contribution in [1.82, 2.24) is 9.62 Å². The Balaban J connectivity index is 2.71. The van der Waals surface area contributed by atoms with E-state index in [1.807, 2.05) is 19.0 Å². The lowest BCUT2D eigenvalue weighted by molar-refractivity contribution is 0.400. The fourth-order valence-electron chi connectivity index (χ4n) is 1.36. The Morgan fingerprint density at radius 3 is 2.67 bits per heavy atom. The maximum Gasteiger partial charge on any atom is 0.243 e. The molecule has 0 fully saturated rings. The number of benzene rings is 1. The van der Waals surface area contributed by atoms with Crippen molar-refractivity contribution in [1.29, 1.82) is 0 Å². The third kappa shape index (κ3) is 4.64. The normalized spacial score (nSPS) is 12.1. The Labute approximate surface area is 115 Å². The van der Waals surface area contributed by atoms with Gasteiger partial charge in [0.05, 0.1) is 0 Å². The summed E-state index contributed by atoms with van der Waals surface area (Å²) in [6.07, 6.45) is 0.669. The van der Waals surface area contributed by atoms with Crippen LogP contribution in [0.3, 0.4) is 0 Å². The quantitative estimate of drug-likeness (QED) is 0.805. The van der Waals surface area contributed by atoms with Gasteiger partial charge in [0.15, 0.2) is 0 Å². The van der Waals surface area contributed by atoms with Gasteiger partial charge >= 0.3 is 0 Å². The Morgan fingerprint density at radius 1 is 1.39 bits per heavy atom. The van der Waals surface area contributed by atoms with E-state index in [0.717, 1.165) is 12.6 Å². The first-order chi connectivity index (χ1) is 8.33. The van der Waals surface area contributed by atoms with E-state index in [0.29, 0.717) is 10.9 Å². The average Bonchev–Trinajstić information content (AvgIpc) is 2.27. The number of rotatable bonds is 6. The van der Waals surface area contributed by atoms with Crippen LogP contribution in [0, 0.1) is 5.82 Å². The summed E-state index contributed by atoms with van der Waals surface area (Å²) in [5.74, 6) is -0.752. The van der Waals surface area contributed by atoms with Crippen LogP contribution in [-0.2, 0) is 10.0 Å². The Hall–Kier alpha value is -0.500. The van der Waals surface area contributed by atoms with Crippen LogP contribution in [0.25, 0.3) is 0 Å². The van der Waals surface area contributed by atoms with Gasteiger partial charge in [-0.3, -0.25) is 0 Å². The van der Waals surface area contributed by atoms with Crippen molar-refractivity contribution in [3.63, 3.8) is 0 Å². The molecule has 1 N–H and O–H groups in total. The minimum Gasteiger partial charge on any atom is -0.309 e. The smallest absolute Gasteiger partial charge is 0.243 e. The summed E-state index contributed by atoms with van der Waals surface area (Å²) < 4.78 is 40.1. The number of nitrogens with zero attached hydrogens (tertiary/aromatic N) is 1. The van der Waals surface area contributed by atoms with Crippen molar-refractivity contribution in [3.05, 3.63) is 28.5 Å². The van der Waals surface area contributed by atoms with Crippen LogP contribution in [-0.4, -0.2) is 40.5 Å². The van der Waals surface area contributed by atoms with Crippen LogP contribution >= 0.6 is 15.9 Å². The molecule has 0 aliphatic carbocycles. The standard InChI is InChI=1S/C11H16BrFN2O2S/c1-15(2)7-3-6-14-18(16,17)11-8-9(12)4-5-10(11)13/h4-5,8,14H,3,6-7H2,1-2H3. The van der Waals surface area contributed by atoms with Gasteiger partial charge in [0, 0.05) is 11.0 Å². The third-order valence-corrected chi connectivity index (χ3v) is 4.23. The second kappa shape index (κ2) is 6.60. The van der Waals surface area contributed by atoms with Crippen molar-refractivity contribution in [2.45, 2.75) is 11.3 Å². The van der Waals surface area contributed by atoms with E-state index in [1.54, 1.807) is 0 Å². The van der Waals surface area contributed by atoms with Crippen molar-refractivity contribution in [3.8, 4) is 0 Å². The molecule has 0 spiro atoms. The van der Waals surface area contributed by atoms with E-state index in [4.69, 9.17) is 0 Å². The van der Waals surface area contributed by atoms with Gasteiger partial charge in [-0.2, -0.15) is 0 Å². The summed E-state index contributed by atoms with van der Waals surface area (Å²) >= 11 is 3.12. The lowest BCUT2D eigenvalue weighted by Crippen LogP contribution is -2.28. The van der Waals surface area contributed by atoms with Crippen LogP contribution in [0.15, 0.2) is 27.6 Å². The van der Waals surface area contributed by atoms with Gasteiger partial charge in [-0.25, -0.2) is 17.5 Å². The SMILES string of the molecule is CN(C)CCCNS(=O)(=O)c1cc(Br)ccc1F. The Morgan fingerprint density at radius 2 is 2.06 bits per heavy atom. The van der Waals surface area contributed by atoms with E-state index >= 15 is 0 Å². The molecule has 102 valence electrons. The number of nitrogens with one attached hydrogen (secondary N) is 1. The molecule has 0 unspecified atom stereocenters. The molecule has 0 amide bonds. The highest BCUT2D eigenvalue weighted by Gasteiger charge is 2.18. The predicted molar refractivity (Wildman–Crippen MR) is 72.5 cm³/mol. The van der Waals surface area contributed by atoms with Crippen molar-refractivity contribution in [2.24, 2.45) is 0 Å². The maximum absolute atomic E-state index is 13.5. The molecule has 1 aromatic carbocycles. The summed E-state index contributed by atoms with van der Waals surface area (Å²) in [4.78, 5) is 1.62. The first-order valence-corrected chi connectivity index (χ1v) is 7.70. The van der Waals surface area contributed by atoms with Gasteiger partial charge in [-0.1, -0.05) is 15.9 Å². The first-order valence-electron chi connectivity index (χ1n) is 5.42. The molecule has 0 aliphatic heterocycles. The molecule has 0 atom stereocenters. The highest BCUT2D eigenvalue weighted by molar-refractivity contribution is 9.10. The molecule has 0 saturated carbocycles. The molecule has 0 radical (unpaired) electrons. The molecule has 0 heterocycles. The Bertz CT molecular complexity index is 506. The van der Waals surface area contributed by atoms with E-state index < -0.39 is 15.8 Å². The fourth-order valence-corrected chi connectivity index (χ4v) is 3.05. The average molecular weight is 339 g/mol. The van der Waals surface area contributed by atoms with E-state index in [-0.39, 0.29) is 11.4 Å². The molecule has 0 bridgehead atoms. The topological polar surface area (TPSA) is 49.4 Å². The maximum atomic E-state index is 13.5.